The van der Waals surface area contributed by atoms with Crippen molar-refractivity contribution in [3.63, 3.8) is 0 Å². The molecule has 1 heterocycles. The third kappa shape index (κ3) is 3.64. The maximum atomic E-state index is 12.3. The molecule has 21 heavy (non-hydrogen) atoms. The molecule has 5 nitrogen and oxygen atoms in total. The van der Waals surface area contributed by atoms with E-state index in [1.807, 2.05) is 6.92 Å². The van der Waals surface area contributed by atoms with Crippen LogP contribution in [0.25, 0.3) is 0 Å². The smallest absolute Gasteiger partial charge is 0.255 e. The summed E-state index contributed by atoms with van der Waals surface area (Å²) in [6, 6.07) is 8.44. The van der Waals surface area contributed by atoms with Gasteiger partial charge >= 0.3 is 0 Å². The molecule has 0 fully saturated rings. The summed E-state index contributed by atoms with van der Waals surface area (Å²) in [5.74, 6) is 0.933. The molecule has 0 spiro atoms. The van der Waals surface area contributed by atoms with Crippen molar-refractivity contribution in [2.24, 2.45) is 0 Å². The van der Waals surface area contributed by atoms with E-state index in [1.165, 1.54) is 7.11 Å². The minimum Gasteiger partial charge on any atom is -0.495 e. The summed E-state index contributed by atoms with van der Waals surface area (Å²) in [7, 11) is 3.29. The van der Waals surface area contributed by atoms with Crippen LogP contribution in [0.2, 0.25) is 5.02 Å². The number of rotatable bonds is 4. The minimum atomic E-state index is -0.252. The molecule has 0 unspecified atom stereocenters. The molecule has 0 aliphatic heterocycles. The SMILES string of the molecule is CNc1cc(C(=O)Nc2cc(Cl)ccc2OC)cc(C)n1. The van der Waals surface area contributed by atoms with Crippen LogP contribution >= 0.6 is 11.6 Å². The quantitative estimate of drug-likeness (QED) is 0.909. The first-order chi connectivity index (χ1) is 10.0. The second kappa shape index (κ2) is 6.45. The fourth-order valence-corrected chi connectivity index (χ4v) is 2.07. The first kappa shape index (κ1) is 15.1. The number of benzene rings is 1. The van der Waals surface area contributed by atoms with Crippen molar-refractivity contribution >= 4 is 29.0 Å². The van der Waals surface area contributed by atoms with Crippen LogP contribution in [-0.4, -0.2) is 25.0 Å². The van der Waals surface area contributed by atoms with Gasteiger partial charge in [-0.3, -0.25) is 4.79 Å². The summed E-state index contributed by atoms with van der Waals surface area (Å²) < 4.78 is 5.21. The standard InChI is InChI=1S/C15H16ClN3O2/c1-9-6-10(7-14(17-2)18-9)15(20)19-12-8-11(16)4-5-13(12)21-3/h4-8H,1-3H3,(H,17,18)(H,19,20). The third-order valence-electron chi connectivity index (χ3n) is 2.88. The normalized spacial score (nSPS) is 10.1. The average molecular weight is 306 g/mol. The van der Waals surface area contributed by atoms with Gasteiger partial charge in [-0.25, -0.2) is 4.98 Å². The Morgan fingerprint density at radius 2 is 2.05 bits per heavy atom. The highest BCUT2D eigenvalue weighted by atomic mass is 35.5. The zero-order valence-electron chi connectivity index (χ0n) is 12.0. The molecule has 1 aromatic heterocycles. The van der Waals surface area contributed by atoms with Crippen LogP contribution in [0.15, 0.2) is 30.3 Å². The van der Waals surface area contributed by atoms with Crippen LogP contribution in [0.5, 0.6) is 5.75 Å². The molecule has 6 heteroatoms. The van der Waals surface area contributed by atoms with E-state index in [1.54, 1.807) is 37.4 Å². The minimum absolute atomic E-state index is 0.252. The Morgan fingerprint density at radius 3 is 2.71 bits per heavy atom. The summed E-state index contributed by atoms with van der Waals surface area (Å²) in [6.07, 6.45) is 0. The first-order valence-electron chi connectivity index (χ1n) is 6.35. The molecule has 1 amide bonds. The van der Waals surface area contributed by atoms with Gasteiger partial charge in [0.1, 0.15) is 11.6 Å². The number of aryl methyl sites for hydroxylation is 1. The number of carbonyl (C=O) groups excluding carboxylic acids is 1. The third-order valence-corrected chi connectivity index (χ3v) is 3.12. The lowest BCUT2D eigenvalue weighted by Crippen LogP contribution is -2.13. The van der Waals surface area contributed by atoms with Crippen molar-refractivity contribution in [3.8, 4) is 5.75 Å². The fraction of sp³-hybridized carbons (Fsp3) is 0.200. The number of carbonyl (C=O) groups is 1. The summed E-state index contributed by atoms with van der Waals surface area (Å²) in [5, 5.41) is 6.24. The van der Waals surface area contributed by atoms with Crippen LogP contribution in [-0.2, 0) is 0 Å². The van der Waals surface area contributed by atoms with Crippen molar-refractivity contribution in [1.29, 1.82) is 0 Å². The lowest BCUT2D eigenvalue weighted by molar-refractivity contribution is 0.102. The van der Waals surface area contributed by atoms with Gasteiger partial charge in [0.2, 0.25) is 0 Å². The highest BCUT2D eigenvalue weighted by Gasteiger charge is 2.12. The van der Waals surface area contributed by atoms with Crippen molar-refractivity contribution < 1.29 is 9.53 Å². The Bertz CT molecular complexity index is 674. The number of aromatic nitrogens is 1. The van der Waals surface area contributed by atoms with E-state index in [0.29, 0.717) is 27.8 Å². The zero-order chi connectivity index (χ0) is 15.4. The van der Waals surface area contributed by atoms with Crippen LogP contribution in [0, 0.1) is 6.92 Å². The maximum absolute atomic E-state index is 12.3. The van der Waals surface area contributed by atoms with E-state index < -0.39 is 0 Å². The molecular formula is C15H16ClN3O2. The number of methoxy groups -OCH3 is 1. The maximum Gasteiger partial charge on any atom is 0.255 e. The predicted molar refractivity (Wildman–Crippen MR) is 84.5 cm³/mol. The van der Waals surface area contributed by atoms with E-state index in [2.05, 4.69) is 15.6 Å². The summed E-state index contributed by atoms with van der Waals surface area (Å²) >= 11 is 5.95. The molecule has 0 bridgehead atoms. The Morgan fingerprint density at radius 1 is 1.29 bits per heavy atom. The van der Waals surface area contributed by atoms with E-state index in [4.69, 9.17) is 16.3 Å². The van der Waals surface area contributed by atoms with E-state index in [0.717, 1.165) is 5.69 Å². The number of amides is 1. The molecular weight excluding hydrogens is 290 g/mol. The highest BCUT2D eigenvalue weighted by Crippen LogP contribution is 2.28. The van der Waals surface area contributed by atoms with Crippen molar-refractivity contribution in [2.75, 3.05) is 24.8 Å². The van der Waals surface area contributed by atoms with Crippen LogP contribution < -0.4 is 15.4 Å². The van der Waals surface area contributed by atoms with Crippen LogP contribution in [0.4, 0.5) is 11.5 Å². The van der Waals surface area contributed by atoms with E-state index in [-0.39, 0.29) is 5.91 Å². The van der Waals surface area contributed by atoms with E-state index >= 15 is 0 Å². The number of nitrogens with one attached hydrogen (secondary N) is 2. The van der Waals surface area contributed by atoms with Crippen molar-refractivity contribution in [1.82, 2.24) is 4.98 Å². The van der Waals surface area contributed by atoms with Gasteiger partial charge in [-0.05, 0) is 37.3 Å². The van der Waals surface area contributed by atoms with E-state index in [9.17, 15) is 4.79 Å². The van der Waals surface area contributed by atoms with Gasteiger partial charge in [0.25, 0.3) is 5.91 Å². The number of nitrogens with zero attached hydrogens (tertiary/aromatic N) is 1. The van der Waals surface area contributed by atoms with Gasteiger partial charge in [0.15, 0.2) is 0 Å². The zero-order valence-corrected chi connectivity index (χ0v) is 12.8. The number of halogens is 1. The molecule has 0 saturated carbocycles. The largest absolute Gasteiger partial charge is 0.495 e. The molecule has 2 rings (SSSR count). The van der Waals surface area contributed by atoms with Gasteiger partial charge in [-0.15, -0.1) is 0 Å². The Labute approximate surface area is 128 Å². The van der Waals surface area contributed by atoms with Crippen LogP contribution in [0.3, 0.4) is 0 Å². The monoisotopic (exact) mass is 305 g/mol. The van der Waals surface area contributed by atoms with Crippen LogP contribution in [0.1, 0.15) is 16.1 Å². The molecule has 2 N–H and O–H groups in total. The number of anilines is 2. The molecule has 2 aromatic rings. The molecule has 0 aliphatic carbocycles. The lowest BCUT2D eigenvalue weighted by atomic mass is 10.2. The fourth-order valence-electron chi connectivity index (χ4n) is 1.90. The number of pyridine rings is 1. The second-order valence-electron chi connectivity index (χ2n) is 4.43. The van der Waals surface area contributed by atoms with Crippen molar-refractivity contribution in [3.05, 3.63) is 46.6 Å². The summed E-state index contributed by atoms with van der Waals surface area (Å²) in [5.41, 5.74) is 1.79. The molecule has 0 radical (unpaired) electrons. The Kier molecular flexibility index (Phi) is 4.65. The van der Waals surface area contributed by atoms with Gasteiger partial charge in [-0.1, -0.05) is 11.6 Å². The Balaban J connectivity index is 2.30. The van der Waals surface area contributed by atoms with Gasteiger partial charge in [-0.2, -0.15) is 0 Å². The molecule has 0 aliphatic rings. The number of ether oxygens (including phenoxy) is 1. The summed E-state index contributed by atoms with van der Waals surface area (Å²) in [6.45, 7) is 1.83. The molecule has 1 aromatic carbocycles. The topological polar surface area (TPSA) is 63.2 Å². The van der Waals surface area contributed by atoms with Gasteiger partial charge < -0.3 is 15.4 Å². The average Bonchev–Trinajstić information content (AvgIpc) is 2.46. The first-order valence-corrected chi connectivity index (χ1v) is 6.72. The second-order valence-corrected chi connectivity index (χ2v) is 4.87. The molecule has 0 atom stereocenters. The summed E-state index contributed by atoms with van der Waals surface area (Å²) in [4.78, 5) is 16.6. The van der Waals surface area contributed by atoms with Gasteiger partial charge in [0.05, 0.1) is 12.8 Å². The number of hydrogen-bond acceptors (Lipinski definition) is 4. The molecule has 110 valence electrons. The predicted octanol–water partition coefficient (Wildman–Crippen LogP) is 3.35. The van der Waals surface area contributed by atoms with Gasteiger partial charge in [0, 0.05) is 23.3 Å². The lowest BCUT2D eigenvalue weighted by Gasteiger charge is -2.11. The highest BCUT2D eigenvalue weighted by molar-refractivity contribution is 6.31. The Hall–Kier alpha value is -2.27. The molecule has 0 saturated heterocycles. The van der Waals surface area contributed by atoms with Crippen molar-refractivity contribution in [2.45, 2.75) is 6.92 Å². The number of hydrogen-bond donors (Lipinski definition) is 2.